The summed E-state index contributed by atoms with van der Waals surface area (Å²) in [5.41, 5.74) is -1.13. The number of aliphatic hydroxyl groups is 1. The van der Waals surface area contributed by atoms with Gasteiger partial charge >= 0.3 is 0 Å². The Morgan fingerprint density at radius 1 is 1.36 bits per heavy atom. The predicted molar refractivity (Wildman–Crippen MR) is 80.0 cm³/mol. The molecule has 1 heterocycles. The van der Waals surface area contributed by atoms with Gasteiger partial charge in [-0.05, 0) is 17.7 Å². The molecule has 0 radical (unpaired) electrons. The number of aliphatic hydroxyl groups excluding tert-OH is 1. The van der Waals surface area contributed by atoms with Crippen LogP contribution in [0, 0.1) is 11.6 Å². The minimum Gasteiger partial charge on any atom is -0.388 e. The highest BCUT2D eigenvalue weighted by molar-refractivity contribution is 9.10. The third-order valence-corrected chi connectivity index (χ3v) is 3.74. The van der Waals surface area contributed by atoms with Crippen molar-refractivity contribution < 1.29 is 18.7 Å². The van der Waals surface area contributed by atoms with Crippen molar-refractivity contribution in [1.29, 1.82) is 0 Å². The minimum atomic E-state index is -1.12. The van der Waals surface area contributed by atoms with Crippen molar-refractivity contribution in [3.63, 3.8) is 0 Å². The van der Waals surface area contributed by atoms with Crippen molar-refractivity contribution >= 4 is 21.7 Å². The standard InChI is InChI=1S/C15H12BrF2NO3/c1-19-6-11(13(21)7-20)10(14(18)15(19)22)4-8-2-3-9(16)5-12(8)17/h2-3,5-6,20H,4,7H2,1H3. The molecule has 4 nitrogen and oxygen atoms in total. The Hall–Kier alpha value is -1.86. The number of aromatic nitrogens is 1. The number of nitrogens with zero attached hydrogens (tertiary/aromatic N) is 1. The average molecular weight is 372 g/mol. The molecule has 0 bridgehead atoms. The van der Waals surface area contributed by atoms with Crippen molar-refractivity contribution in [2.24, 2.45) is 7.05 Å². The van der Waals surface area contributed by atoms with Gasteiger partial charge in [-0.25, -0.2) is 8.78 Å². The van der Waals surface area contributed by atoms with Crippen molar-refractivity contribution in [2.75, 3.05) is 6.61 Å². The lowest BCUT2D eigenvalue weighted by Gasteiger charge is -2.12. The fourth-order valence-electron chi connectivity index (χ4n) is 2.09. The summed E-state index contributed by atoms with van der Waals surface area (Å²) in [6, 6.07) is 4.22. The van der Waals surface area contributed by atoms with Crippen molar-refractivity contribution in [3.05, 3.63) is 67.5 Å². The molecule has 116 valence electrons. The lowest BCUT2D eigenvalue weighted by Crippen LogP contribution is -2.26. The van der Waals surface area contributed by atoms with Crippen LogP contribution in [0.5, 0.6) is 0 Å². The second-order valence-corrected chi connectivity index (χ2v) is 5.66. The third-order valence-electron chi connectivity index (χ3n) is 3.25. The molecular formula is C15H12BrF2NO3. The number of ketones is 1. The highest BCUT2D eigenvalue weighted by Crippen LogP contribution is 2.21. The summed E-state index contributed by atoms with van der Waals surface area (Å²) in [6.45, 7) is -0.826. The Morgan fingerprint density at radius 2 is 2.05 bits per heavy atom. The molecule has 2 rings (SSSR count). The van der Waals surface area contributed by atoms with Gasteiger partial charge in [-0.1, -0.05) is 22.0 Å². The molecule has 0 amide bonds. The van der Waals surface area contributed by atoms with E-state index in [2.05, 4.69) is 15.9 Å². The number of aryl methyl sites for hydroxylation is 1. The quantitative estimate of drug-likeness (QED) is 0.838. The molecule has 0 atom stereocenters. The molecular weight excluding hydrogens is 360 g/mol. The molecule has 2 aromatic rings. The molecule has 0 saturated heterocycles. The zero-order chi connectivity index (χ0) is 16.4. The van der Waals surface area contributed by atoms with Gasteiger partial charge < -0.3 is 9.67 Å². The van der Waals surface area contributed by atoms with E-state index in [1.807, 2.05) is 0 Å². The van der Waals surface area contributed by atoms with E-state index in [4.69, 9.17) is 5.11 Å². The second kappa shape index (κ2) is 6.50. The van der Waals surface area contributed by atoms with Crippen LogP contribution in [0.15, 0.2) is 33.7 Å². The predicted octanol–water partition coefficient (Wildman–Crippen LogP) is 2.19. The molecule has 0 saturated carbocycles. The first-order valence-corrected chi connectivity index (χ1v) is 7.10. The third kappa shape index (κ3) is 3.15. The maximum absolute atomic E-state index is 14.2. The molecule has 0 aliphatic heterocycles. The van der Waals surface area contributed by atoms with E-state index >= 15 is 0 Å². The van der Waals surface area contributed by atoms with Crippen LogP contribution < -0.4 is 5.56 Å². The number of hydrogen-bond donors (Lipinski definition) is 1. The Bertz CT molecular complexity index is 802. The maximum atomic E-state index is 14.2. The highest BCUT2D eigenvalue weighted by atomic mass is 79.9. The van der Waals surface area contributed by atoms with Gasteiger partial charge in [0.25, 0.3) is 5.56 Å². The Labute approximate surface area is 133 Å². The fourth-order valence-corrected chi connectivity index (χ4v) is 2.42. The topological polar surface area (TPSA) is 59.3 Å². The first-order chi connectivity index (χ1) is 10.3. The van der Waals surface area contributed by atoms with E-state index in [0.29, 0.717) is 4.47 Å². The number of benzene rings is 1. The normalized spacial score (nSPS) is 10.8. The van der Waals surface area contributed by atoms with Gasteiger partial charge in [0.2, 0.25) is 0 Å². The summed E-state index contributed by atoms with van der Waals surface area (Å²) >= 11 is 3.11. The van der Waals surface area contributed by atoms with Gasteiger partial charge in [-0.3, -0.25) is 9.59 Å². The second-order valence-electron chi connectivity index (χ2n) is 4.75. The zero-order valence-corrected chi connectivity index (χ0v) is 13.2. The van der Waals surface area contributed by atoms with Gasteiger partial charge in [0.15, 0.2) is 11.6 Å². The molecule has 0 unspecified atom stereocenters. The first-order valence-electron chi connectivity index (χ1n) is 6.31. The van der Waals surface area contributed by atoms with E-state index in [1.54, 1.807) is 6.07 Å². The van der Waals surface area contributed by atoms with Crippen LogP contribution in [-0.4, -0.2) is 22.1 Å². The zero-order valence-electron chi connectivity index (χ0n) is 11.6. The van der Waals surface area contributed by atoms with Crippen LogP contribution in [0.2, 0.25) is 0 Å². The molecule has 0 aliphatic carbocycles. The van der Waals surface area contributed by atoms with Crippen LogP contribution in [0.25, 0.3) is 0 Å². The summed E-state index contributed by atoms with van der Waals surface area (Å²) in [4.78, 5) is 23.4. The van der Waals surface area contributed by atoms with Gasteiger partial charge in [-0.2, -0.15) is 0 Å². The van der Waals surface area contributed by atoms with E-state index in [1.165, 1.54) is 19.2 Å². The number of Topliss-reactive ketones (excluding diaryl/α,β-unsaturated/α-hetero) is 1. The molecule has 7 heteroatoms. The number of carbonyl (C=O) groups excluding carboxylic acids is 1. The number of carbonyl (C=O) groups is 1. The molecule has 1 aromatic heterocycles. The van der Waals surface area contributed by atoms with Crippen molar-refractivity contribution in [1.82, 2.24) is 4.57 Å². The Morgan fingerprint density at radius 3 is 2.64 bits per heavy atom. The maximum Gasteiger partial charge on any atom is 0.286 e. The SMILES string of the molecule is Cn1cc(C(=O)CO)c(Cc2ccc(Br)cc2F)c(F)c1=O. The molecule has 0 fully saturated rings. The summed E-state index contributed by atoms with van der Waals surface area (Å²) in [5.74, 6) is -2.44. The van der Waals surface area contributed by atoms with Crippen LogP contribution >= 0.6 is 15.9 Å². The van der Waals surface area contributed by atoms with E-state index in [9.17, 15) is 18.4 Å². The number of halogens is 3. The molecule has 22 heavy (non-hydrogen) atoms. The average Bonchev–Trinajstić information content (AvgIpc) is 2.49. The van der Waals surface area contributed by atoms with Crippen molar-refractivity contribution in [3.8, 4) is 0 Å². The van der Waals surface area contributed by atoms with Gasteiger partial charge in [0.05, 0.1) is 0 Å². The summed E-state index contributed by atoms with van der Waals surface area (Å²) in [6.07, 6.45) is 0.887. The Kier molecular flexibility index (Phi) is 4.87. The molecule has 0 aliphatic rings. The number of hydrogen-bond acceptors (Lipinski definition) is 3. The molecule has 0 spiro atoms. The molecule has 1 aromatic carbocycles. The summed E-state index contributed by atoms with van der Waals surface area (Å²) in [5, 5.41) is 8.98. The lowest BCUT2D eigenvalue weighted by atomic mass is 9.98. The van der Waals surface area contributed by atoms with E-state index in [0.717, 1.165) is 10.8 Å². The van der Waals surface area contributed by atoms with Crippen molar-refractivity contribution in [2.45, 2.75) is 6.42 Å². The van der Waals surface area contributed by atoms with Gasteiger partial charge in [0.1, 0.15) is 12.4 Å². The highest BCUT2D eigenvalue weighted by Gasteiger charge is 2.20. The monoisotopic (exact) mass is 371 g/mol. The van der Waals surface area contributed by atoms with E-state index in [-0.39, 0.29) is 23.1 Å². The molecule has 1 N–H and O–H groups in total. The first kappa shape index (κ1) is 16.5. The van der Waals surface area contributed by atoms with E-state index < -0.39 is 29.6 Å². The van der Waals surface area contributed by atoms with Gasteiger partial charge in [-0.15, -0.1) is 0 Å². The van der Waals surface area contributed by atoms with Gasteiger partial charge in [0, 0.05) is 35.3 Å². The number of rotatable bonds is 4. The van der Waals surface area contributed by atoms with Crippen LogP contribution in [-0.2, 0) is 13.5 Å². The lowest BCUT2D eigenvalue weighted by molar-refractivity contribution is 0.0901. The summed E-state index contributed by atoms with van der Waals surface area (Å²) in [7, 11) is 1.30. The van der Waals surface area contributed by atoms with Crippen LogP contribution in [0.1, 0.15) is 21.5 Å². The fraction of sp³-hybridized carbons (Fsp3) is 0.200. The van der Waals surface area contributed by atoms with Crippen LogP contribution in [0.4, 0.5) is 8.78 Å². The smallest absolute Gasteiger partial charge is 0.286 e. The number of pyridine rings is 1. The largest absolute Gasteiger partial charge is 0.388 e. The minimum absolute atomic E-state index is 0.135. The van der Waals surface area contributed by atoms with Crippen LogP contribution in [0.3, 0.4) is 0 Å². The summed E-state index contributed by atoms with van der Waals surface area (Å²) < 4.78 is 29.5. The Balaban J connectivity index is 2.60.